The molecule has 6 N–H and O–H groups in total. The Morgan fingerprint density at radius 2 is 1.82 bits per heavy atom. The first-order valence-electron chi connectivity index (χ1n) is 6.69. The van der Waals surface area contributed by atoms with Crippen molar-refractivity contribution in [3.8, 4) is 5.88 Å². The maximum Gasteiger partial charge on any atom is 0.331 e. The smallest absolute Gasteiger partial charge is 0.331 e. The SMILES string of the molecule is CCn1c(O)c(C2O[C@H](CO)[C@@H](O)[C@H](O)[C@H]2O)c(=O)[nH]c1=O. The molecule has 1 aromatic heterocycles. The molecule has 2 heterocycles. The summed E-state index contributed by atoms with van der Waals surface area (Å²) >= 11 is 0. The highest BCUT2D eigenvalue weighted by atomic mass is 16.5. The van der Waals surface area contributed by atoms with E-state index in [4.69, 9.17) is 9.84 Å². The van der Waals surface area contributed by atoms with Gasteiger partial charge in [0.15, 0.2) is 0 Å². The number of nitrogens with zero attached hydrogens (tertiary/aromatic N) is 1. The minimum absolute atomic E-state index is 0.0475. The molecule has 1 unspecified atom stereocenters. The fourth-order valence-corrected chi connectivity index (χ4v) is 2.47. The Kier molecular flexibility index (Phi) is 4.68. The summed E-state index contributed by atoms with van der Waals surface area (Å²) in [5, 5.41) is 48.6. The van der Waals surface area contributed by atoms with Crippen molar-refractivity contribution in [2.75, 3.05) is 6.61 Å². The van der Waals surface area contributed by atoms with Crippen LogP contribution in [0.3, 0.4) is 0 Å². The van der Waals surface area contributed by atoms with E-state index < -0.39 is 59.8 Å². The van der Waals surface area contributed by atoms with E-state index in [0.717, 1.165) is 4.57 Å². The van der Waals surface area contributed by atoms with Gasteiger partial charge in [-0.25, -0.2) is 4.79 Å². The highest BCUT2D eigenvalue weighted by molar-refractivity contribution is 5.27. The molecule has 1 aliphatic heterocycles. The Morgan fingerprint density at radius 1 is 1.18 bits per heavy atom. The van der Waals surface area contributed by atoms with Crippen LogP contribution in [0.1, 0.15) is 18.6 Å². The quantitative estimate of drug-likeness (QED) is 0.338. The lowest BCUT2D eigenvalue weighted by Gasteiger charge is -2.39. The molecule has 0 aliphatic carbocycles. The van der Waals surface area contributed by atoms with E-state index in [1.807, 2.05) is 4.98 Å². The van der Waals surface area contributed by atoms with Crippen molar-refractivity contribution in [2.24, 2.45) is 0 Å². The summed E-state index contributed by atoms with van der Waals surface area (Å²) in [6.07, 6.45) is -7.76. The summed E-state index contributed by atoms with van der Waals surface area (Å²) in [5.41, 5.74) is -2.28. The van der Waals surface area contributed by atoms with Gasteiger partial charge in [0.25, 0.3) is 5.56 Å². The number of ether oxygens (including phenoxy) is 1. The number of aromatic nitrogens is 2. The third kappa shape index (κ3) is 2.55. The molecule has 124 valence electrons. The molecule has 0 radical (unpaired) electrons. The van der Waals surface area contributed by atoms with E-state index in [9.17, 15) is 30.0 Å². The van der Waals surface area contributed by atoms with Gasteiger partial charge in [-0.3, -0.25) is 14.3 Å². The zero-order chi connectivity index (χ0) is 16.6. The normalized spacial score (nSPS) is 32.1. The Morgan fingerprint density at radius 3 is 2.36 bits per heavy atom. The van der Waals surface area contributed by atoms with Gasteiger partial charge in [0.1, 0.15) is 36.1 Å². The van der Waals surface area contributed by atoms with Crippen LogP contribution in [0.5, 0.6) is 5.88 Å². The second-order valence-corrected chi connectivity index (χ2v) is 4.99. The van der Waals surface area contributed by atoms with Crippen molar-refractivity contribution in [3.05, 3.63) is 26.4 Å². The summed E-state index contributed by atoms with van der Waals surface area (Å²) in [4.78, 5) is 25.5. The van der Waals surface area contributed by atoms with Crippen molar-refractivity contribution < 1.29 is 30.3 Å². The van der Waals surface area contributed by atoms with Crippen LogP contribution in [-0.4, -0.2) is 66.1 Å². The number of aromatic hydroxyl groups is 1. The van der Waals surface area contributed by atoms with Gasteiger partial charge < -0.3 is 30.3 Å². The van der Waals surface area contributed by atoms with Crippen LogP contribution in [0.2, 0.25) is 0 Å². The molecular weight excluding hydrogens is 300 g/mol. The Balaban J connectivity index is 2.55. The van der Waals surface area contributed by atoms with Crippen molar-refractivity contribution >= 4 is 0 Å². The minimum atomic E-state index is -1.73. The molecule has 0 spiro atoms. The first-order chi connectivity index (χ1) is 10.3. The number of aromatic amines is 1. The summed E-state index contributed by atoms with van der Waals surface area (Å²) < 4.78 is 6.06. The predicted octanol–water partition coefficient (Wildman–Crippen LogP) is -3.22. The number of rotatable bonds is 3. The van der Waals surface area contributed by atoms with E-state index in [0.29, 0.717) is 0 Å². The molecule has 0 saturated carbocycles. The number of hydrogen-bond acceptors (Lipinski definition) is 8. The third-order valence-electron chi connectivity index (χ3n) is 3.70. The zero-order valence-corrected chi connectivity index (χ0v) is 11.7. The number of aliphatic hydroxyl groups is 4. The number of aliphatic hydroxyl groups excluding tert-OH is 4. The van der Waals surface area contributed by atoms with Crippen LogP contribution in [0.4, 0.5) is 0 Å². The molecule has 10 heteroatoms. The largest absolute Gasteiger partial charge is 0.494 e. The number of H-pyrrole nitrogens is 1. The van der Waals surface area contributed by atoms with E-state index in [-0.39, 0.29) is 6.54 Å². The standard InChI is InChI=1S/C12H18N2O8/c1-2-14-11(20)5(10(19)13-12(14)21)9-8(18)7(17)6(16)4(3-15)22-9/h4,6-9,15-18,20H,2-3H2,1H3,(H,13,19,21)/t4-,6-,7+,8-,9?/m1/s1. The van der Waals surface area contributed by atoms with Gasteiger partial charge in [0.2, 0.25) is 5.88 Å². The van der Waals surface area contributed by atoms with Crippen LogP contribution in [0.25, 0.3) is 0 Å². The van der Waals surface area contributed by atoms with Crippen LogP contribution >= 0.6 is 0 Å². The Bertz CT molecular complexity index is 652. The molecule has 5 atom stereocenters. The van der Waals surface area contributed by atoms with E-state index >= 15 is 0 Å². The van der Waals surface area contributed by atoms with Crippen molar-refractivity contribution in [1.82, 2.24) is 9.55 Å². The molecule has 22 heavy (non-hydrogen) atoms. The topological polar surface area (TPSA) is 165 Å². The van der Waals surface area contributed by atoms with Gasteiger partial charge in [-0.2, -0.15) is 0 Å². The first kappa shape index (κ1) is 16.6. The lowest BCUT2D eigenvalue weighted by molar-refractivity contribution is -0.232. The summed E-state index contributed by atoms with van der Waals surface area (Å²) in [7, 11) is 0. The van der Waals surface area contributed by atoms with Crippen LogP contribution in [0, 0.1) is 0 Å². The van der Waals surface area contributed by atoms with Crippen molar-refractivity contribution in [2.45, 2.75) is 44.0 Å². The lowest BCUT2D eigenvalue weighted by Crippen LogP contribution is -2.56. The molecule has 1 aromatic rings. The van der Waals surface area contributed by atoms with E-state index in [2.05, 4.69) is 0 Å². The monoisotopic (exact) mass is 318 g/mol. The lowest BCUT2D eigenvalue weighted by atomic mass is 9.92. The Labute approximate surface area is 123 Å². The maximum atomic E-state index is 11.9. The van der Waals surface area contributed by atoms with Crippen LogP contribution in [0.15, 0.2) is 9.59 Å². The average molecular weight is 318 g/mol. The molecular formula is C12H18N2O8. The van der Waals surface area contributed by atoms with Crippen LogP contribution < -0.4 is 11.2 Å². The second kappa shape index (κ2) is 6.18. The van der Waals surface area contributed by atoms with E-state index in [1.54, 1.807) is 6.92 Å². The van der Waals surface area contributed by atoms with Crippen LogP contribution in [-0.2, 0) is 11.3 Å². The van der Waals surface area contributed by atoms with Gasteiger partial charge in [-0.15, -0.1) is 0 Å². The maximum absolute atomic E-state index is 11.9. The highest BCUT2D eigenvalue weighted by Crippen LogP contribution is 2.33. The van der Waals surface area contributed by atoms with Gasteiger partial charge in [-0.05, 0) is 6.92 Å². The van der Waals surface area contributed by atoms with E-state index in [1.165, 1.54) is 0 Å². The number of hydrogen-bond donors (Lipinski definition) is 6. The Hall–Kier alpha value is -1.72. The molecule has 0 aromatic carbocycles. The van der Waals surface area contributed by atoms with Gasteiger partial charge in [-0.1, -0.05) is 0 Å². The second-order valence-electron chi connectivity index (χ2n) is 4.99. The average Bonchev–Trinajstić information content (AvgIpc) is 2.47. The molecule has 1 saturated heterocycles. The molecule has 1 fully saturated rings. The summed E-state index contributed by atoms with van der Waals surface area (Å²) in [5.74, 6) is -0.708. The highest BCUT2D eigenvalue weighted by Gasteiger charge is 2.46. The minimum Gasteiger partial charge on any atom is -0.494 e. The van der Waals surface area contributed by atoms with Crippen molar-refractivity contribution in [3.63, 3.8) is 0 Å². The zero-order valence-electron chi connectivity index (χ0n) is 11.7. The molecule has 0 amide bonds. The predicted molar refractivity (Wildman–Crippen MR) is 71.4 cm³/mol. The molecule has 1 aliphatic rings. The molecule has 0 bridgehead atoms. The van der Waals surface area contributed by atoms with Gasteiger partial charge in [0, 0.05) is 6.54 Å². The summed E-state index contributed by atoms with van der Waals surface area (Å²) in [6.45, 7) is 0.926. The number of nitrogens with one attached hydrogen (secondary N) is 1. The summed E-state index contributed by atoms with van der Waals surface area (Å²) in [6, 6.07) is 0. The van der Waals surface area contributed by atoms with Gasteiger partial charge >= 0.3 is 5.69 Å². The fourth-order valence-electron chi connectivity index (χ4n) is 2.47. The van der Waals surface area contributed by atoms with Crippen molar-refractivity contribution in [1.29, 1.82) is 0 Å². The molecule has 10 nitrogen and oxygen atoms in total. The third-order valence-corrected chi connectivity index (χ3v) is 3.70. The van der Waals surface area contributed by atoms with Gasteiger partial charge in [0.05, 0.1) is 6.61 Å². The fraction of sp³-hybridized carbons (Fsp3) is 0.667. The first-order valence-corrected chi connectivity index (χ1v) is 6.69. The molecule has 2 rings (SSSR count).